The normalized spacial score (nSPS) is 13.3. The number of rotatable bonds is 9. The first-order valence-corrected chi connectivity index (χ1v) is 11.1. The summed E-state index contributed by atoms with van der Waals surface area (Å²) in [5.74, 6) is 1.19. The van der Waals surface area contributed by atoms with Crippen LogP contribution >= 0.6 is 53.0 Å². The highest BCUT2D eigenvalue weighted by atomic mass is 35.5. The van der Waals surface area contributed by atoms with Gasteiger partial charge in [-0.15, -0.1) is 0 Å². The Kier molecular flexibility index (Phi) is 9.20. The first-order chi connectivity index (χ1) is 10.9. The van der Waals surface area contributed by atoms with Crippen LogP contribution in [-0.4, -0.2) is 19.5 Å². The van der Waals surface area contributed by atoms with Gasteiger partial charge in [-0.05, 0) is 42.9 Å². The number of hydrogen-bond acceptors (Lipinski definition) is 5. The first kappa shape index (κ1) is 21.0. The van der Waals surface area contributed by atoms with Crippen LogP contribution in [0.3, 0.4) is 0 Å². The van der Waals surface area contributed by atoms with Gasteiger partial charge in [0.15, 0.2) is 5.76 Å². The molecule has 1 rings (SSSR count). The summed E-state index contributed by atoms with van der Waals surface area (Å²) in [6.07, 6.45) is 0.821. The van der Waals surface area contributed by atoms with Gasteiger partial charge in [-0.25, -0.2) is 4.57 Å². The van der Waals surface area contributed by atoms with E-state index >= 15 is 0 Å². The summed E-state index contributed by atoms with van der Waals surface area (Å²) in [5.41, 5.74) is 0.407. The zero-order valence-corrected chi connectivity index (χ0v) is 17.0. The van der Waals surface area contributed by atoms with Crippen molar-refractivity contribution in [3.05, 3.63) is 33.3 Å². The van der Waals surface area contributed by atoms with Gasteiger partial charge < -0.3 is 9.26 Å². The monoisotopic (exact) mass is 418 g/mol. The fourth-order valence-electron chi connectivity index (χ4n) is 1.56. The quantitative estimate of drug-likeness (QED) is 0.327. The molecule has 0 bridgehead atoms. The summed E-state index contributed by atoms with van der Waals surface area (Å²) in [6.45, 7) is 0.482. The molecule has 1 aromatic rings. The fraction of sp³-hybridized carbons (Fsp3) is 0.429. The van der Waals surface area contributed by atoms with Crippen molar-refractivity contribution in [2.75, 3.05) is 19.5 Å². The second-order valence-corrected chi connectivity index (χ2v) is 9.70. The van der Waals surface area contributed by atoms with Gasteiger partial charge >= 0.3 is 6.80 Å². The van der Waals surface area contributed by atoms with Crippen LogP contribution in [0.5, 0.6) is 5.75 Å². The van der Waals surface area contributed by atoms with E-state index in [0.717, 1.165) is 17.8 Å². The Morgan fingerprint density at radius 1 is 1.30 bits per heavy atom. The summed E-state index contributed by atoms with van der Waals surface area (Å²) in [5, 5.41) is 0.307. The zero-order valence-electron chi connectivity index (χ0n) is 13.0. The van der Waals surface area contributed by atoms with Gasteiger partial charge in [-0.3, -0.25) is 4.52 Å². The van der Waals surface area contributed by atoms with Crippen LogP contribution in [0.25, 0.3) is 5.76 Å². The average Bonchev–Trinajstić information content (AvgIpc) is 2.51. The maximum Gasteiger partial charge on any atom is 0.440 e. The lowest BCUT2D eigenvalue weighted by molar-refractivity contribution is 0.287. The molecule has 0 saturated carbocycles. The summed E-state index contributed by atoms with van der Waals surface area (Å²) in [7, 11) is 1.53. The van der Waals surface area contributed by atoms with Crippen LogP contribution in [0.4, 0.5) is 0 Å². The molecule has 0 aromatic heterocycles. The standard InChI is InChI=1S/C14H18Cl3O4PS/c1-4-8-23-22(18,20-5-2)21-13(14(16)17)11-7-6-10(19-3)9-12(11)15/h6-7,9H,4-5,8H2,1-3H3. The van der Waals surface area contributed by atoms with Gasteiger partial charge in [0, 0.05) is 11.3 Å². The van der Waals surface area contributed by atoms with E-state index in [1.807, 2.05) is 6.92 Å². The minimum absolute atomic E-state index is 0.0152. The van der Waals surface area contributed by atoms with Crippen molar-refractivity contribution in [1.82, 2.24) is 0 Å². The van der Waals surface area contributed by atoms with E-state index in [4.69, 9.17) is 48.6 Å². The van der Waals surface area contributed by atoms with Crippen LogP contribution in [0, 0.1) is 0 Å². The zero-order chi connectivity index (χ0) is 17.5. The van der Waals surface area contributed by atoms with Crippen molar-refractivity contribution < 1.29 is 18.3 Å². The van der Waals surface area contributed by atoms with E-state index in [9.17, 15) is 4.57 Å². The Labute approximate surface area is 155 Å². The van der Waals surface area contributed by atoms with Crippen LogP contribution in [0.15, 0.2) is 22.7 Å². The van der Waals surface area contributed by atoms with Gasteiger partial charge in [0.25, 0.3) is 0 Å². The Balaban J connectivity index is 3.17. The van der Waals surface area contributed by atoms with Gasteiger partial charge in [-0.2, -0.15) is 0 Å². The molecule has 1 atom stereocenters. The maximum atomic E-state index is 12.8. The molecule has 0 aliphatic heterocycles. The minimum Gasteiger partial charge on any atom is -0.497 e. The molecule has 0 saturated heterocycles. The summed E-state index contributed by atoms with van der Waals surface area (Å²) in [4.78, 5) is 0. The molecule has 0 N–H and O–H groups in total. The smallest absolute Gasteiger partial charge is 0.440 e. The maximum absolute atomic E-state index is 12.8. The third kappa shape index (κ3) is 6.41. The topological polar surface area (TPSA) is 44.8 Å². The molecule has 0 amide bonds. The Morgan fingerprint density at radius 2 is 2.00 bits per heavy atom. The lowest BCUT2D eigenvalue weighted by Gasteiger charge is -2.20. The molecule has 23 heavy (non-hydrogen) atoms. The molecule has 0 spiro atoms. The lowest BCUT2D eigenvalue weighted by atomic mass is 10.2. The molecule has 0 radical (unpaired) electrons. The highest BCUT2D eigenvalue weighted by Gasteiger charge is 2.30. The minimum atomic E-state index is -3.45. The average molecular weight is 420 g/mol. The highest BCUT2D eigenvalue weighted by molar-refractivity contribution is 8.55. The summed E-state index contributed by atoms with van der Waals surface area (Å²) < 4.78 is 28.6. The van der Waals surface area contributed by atoms with Crippen molar-refractivity contribution in [3.63, 3.8) is 0 Å². The summed E-state index contributed by atoms with van der Waals surface area (Å²) >= 11 is 19.1. The predicted molar refractivity (Wildman–Crippen MR) is 99.7 cm³/mol. The molecule has 9 heteroatoms. The van der Waals surface area contributed by atoms with Gasteiger partial charge in [0.2, 0.25) is 0 Å². The molecule has 1 unspecified atom stereocenters. The molecule has 0 aliphatic rings. The third-order valence-electron chi connectivity index (χ3n) is 2.54. The van der Waals surface area contributed by atoms with Crippen LogP contribution in [0.1, 0.15) is 25.8 Å². The fourth-order valence-corrected chi connectivity index (χ4v) is 5.66. The van der Waals surface area contributed by atoms with Gasteiger partial charge in [0.05, 0.1) is 18.7 Å². The SMILES string of the molecule is CCCSP(=O)(OCC)OC(=C(Cl)Cl)c1ccc(OC)cc1Cl. The van der Waals surface area contributed by atoms with Gasteiger partial charge in [-0.1, -0.05) is 41.7 Å². The molecule has 130 valence electrons. The first-order valence-electron chi connectivity index (χ1n) is 6.84. The van der Waals surface area contributed by atoms with Gasteiger partial charge in [0.1, 0.15) is 10.2 Å². The Hall–Kier alpha value is -0.0300. The van der Waals surface area contributed by atoms with Crippen LogP contribution < -0.4 is 4.74 Å². The molecular formula is C14H18Cl3O4PS. The molecule has 4 nitrogen and oxygen atoms in total. The van der Waals surface area contributed by atoms with E-state index < -0.39 is 6.80 Å². The van der Waals surface area contributed by atoms with E-state index in [0.29, 0.717) is 22.1 Å². The van der Waals surface area contributed by atoms with Crippen molar-refractivity contribution >= 4 is 58.7 Å². The van der Waals surface area contributed by atoms with E-state index in [1.165, 1.54) is 7.11 Å². The second-order valence-electron chi connectivity index (χ2n) is 4.22. The Bertz CT molecular complexity index is 606. The van der Waals surface area contributed by atoms with Crippen molar-refractivity contribution in [2.45, 2.75) is 20.3 Å². The highest BCUT2D eigenvalue weighted by Crippen LogP contribution is 2.63. The van der Waals surface area contributed by atoms with E-state index in [-0.39, 0.29) is 16.9 Å². The number of methoxy groups -OCH3 is 1. The third-order valence-corrected chi connectivity index (χ3v) is 7.12. The van der Waals surface area contributed by atoms with Crippen LogP contribution in [0.2, 0.25) is 5.02 Å². The van der Waals surface area contributed by atoms with Crippen molar-refractivity contribution in [3.8, 4) is 5.75 Å². The van der Waals surface area contributed by atoms with Crippen LogP contribution in [-0.2, 0) is 13.6 Å². The number of halogens is 3. The molecule has 0 fully saturated rings. The summed E-state index contributed by atoms with van der Waals surface area (Å²) in [6, 6.07) is 4.88. The second kappa shape index (κ2) is 10.1. The molecule has 1 aromatic carbocycles. The molecule has 0 heterocycles. The van der Waals surface area contributed by atoms with E-state index in [1.54, 1.807) is 25.1 Å². The number of ether oxygens (including phenoxy) is 1. The lowest BCUT2D eigenvalue weighted by Crippen LogP contribution is -1.97. The number of hydrogen-bond donors (Lipinski definition) is 0. The molecular weight excluding hydrogens is 402 g/mol. The van der Waals surface area contributed by atoms with E-state index in [2.05, 4.69) is 0 Å². The Morgan fingerprint density at radius 3 is 2.48 bits per heavy atom. The number of benzene rings is 1. The largest absolute Gasteiger partial charge is 0.497 e. The molecule has 0 aliphatic carbocycles. The van der Waals surface area contributed by atoms with Crippen molar-refractivity contribution in [1.29, 1.82) is 0 Å². The predicted octanol–water partition coefficient (Wildman–Crippen LogP) is 6.76. The van der Waals surface area contributed by atoms with Crippen molar-refractivity contribution in [2.24, 2.45) is 0 Å².